The summed E-state index contributed by atoms with van der Waals surface area (Å²) in [6, 6.07) is 4.12. The van der Waals surface area contributed by atoms with Crippen LogP contribution in [0.5, 0.6) is 0 Å². The highest BCUT2D eigenvalue weighted by Crippen LogP contribution is 2.62. The lowest BCUT2D eigenvalue weighted by Gasteiger charge is -2.63. The lowest BCUT2D eigenvalue weighted by molar-refractivity contribution is -0.171. The van der Waals surface area contributed by atoms with Crippen LogP contribution in [0.4, 0.5) is 0 Å². The van der Waals surface area contributed by atoms with E-state index in [2.05, 4.69) is 22.5 Å². The molecular formula is C20H32IN3O3. The van der Waals surface area contributed by atoms with Crippen LogP contribution in [-0.4, -0.2) is 42.9 Å². The van der Waals surface area contributed by atoms with Gasteiger partial charge >= 0.3 is 0 Å². The molecule has 0 bridgehead atoms. The number of fused-ring (bicyclic) bond motifs is 2. The SMILES string of the molecule is CCNC(=NCC(C)(O)c1ccc(C)o1)NC1C2CCOC2C12CCC2.I. The van der Waals surface area contributed by atoms with E-state index in [1.807, 2.05) is 19.1 Å². The second kappa shape index (κ2) is 7.91. The van der Waals surface area contributed by atoms with Crippen LogP contribution in [-0.2, 0) is 10.3 Å². The topological polar surface area (TPSA) is 79.0 Å². The predicted molar refractivity (Wildman–Crippen MR) is 115 cm³/mol. The molecule has 1 aromatic heterocycles. The maximum atomic E-state index is 10.8. The summed E-state index contributed by atoms with van der Waals surface area (Å²) in [5.74, 6) is 2.71. The molecule has 27 heavy (non-hydrogen) atoms. The van der Waals surface area contributed by atoms with Gasteiger partial charge in [-0.3, -0.25) is 0 Å². The molecule has 152 valence electrons. The molecule has 4 atom stereocenters. The maximum Gasteiger partial charge on any atom is 0.191 e. The summed E-state index contributed by atoms with van der Waals surface area (Å²) >= 11 is 0. The molecule has 7 heteroatoms. The first-order valence-corrected chi connectivity index (χ1v) is 9.92. The van der Waals surface area contributed by atoms with E-state index in [1.54, 1.807) is 6.92 Å². The van der Waals surface area contributed by atoms with E-state index in [0.29, 0.717) is 29.2 Å². The fourth-order valence-electron chi connectivity index (χ4n) is 4.96. The van der Waals surface area contributed by atoms with Crippen molar-refractivity contribution < 1.29 is 14.3 Å². The lowest BCUT2D eigenvalue weighted by Crippen LogP contribution is -2.72. The summed E-state index contributed by atoms with van der Waals surface area (Å²) in [6.45, 7) is 7.61. The third kappa shape index (κ3) is 3.62. The largest absolute Gasteiger partial charge is 0.463 e. The molecule has 2 heterocycles. The molecule has 1 aromatic rings. The number of hydrogen-bond donors (Lipinski definition) is 3. The molecule has 0 aromatic carbocycles. The van der Waals surface area contributed by atoms with Gasteiger partial charge in [-0.05, 0) is 52.2 Å². The number of guanidine groups is 1. The van der Waals surface area contributed by atoms with Gasteiger partial charge in [-0.15, -0.1) is 24.0 Å². The minimum atomic E-state index is -1.12. The van der Waals surface area contributed by atoms with Crippen LogP contribution in [0.25, 0.3) is 0 Å². The normalized spacial score (nSPS) is 30.5. The van der Waals surface area contributed by atoms with E-state index in [4.69, 9.17) is 9.15 Å². The number of aryl methyl sites for hydroxylation is 1. The number of rotatable bonds is 5. The van der Waals surface area contributed by atoms with Gasteiger partial charge in [0.05, 0.1) is 12.6 Å². The number of nitrogens with one attached hydrogen (secondary N) is 2. The molecule has 1 spiro atoms. The minimum Gasteiger partial charge on any atom is -0.463 e. The third-order valence-electron chi connectivity index (χ3n) is 6.49. The predicted octanol–water partition coefficient (Wildman–Crippen LogP) is 2.93. The van der Waals surface area contributed by atoms with Crippen LogP contribution in [0.15, 0.2) is 21.5 Å². The fraction of sp³-hybridized carbons (Fsp3) is 0.750. The zero-order valence-electron chi connectivity index (χ0n) is 16.5. The van der Waals surface area contributed by atoms with Crippen molar-refractivity contribution in [2.45, 2.75) is 64.2 Å². The Bertz CT molecular complexity index is 684. The van der Waals surface area contributed by atoms with Crippen LogP contribution in [0, 0.1) is 18.3 Å². The van der Waals surface area contributed by atoms with Crippen molar-refractivity contribution in [3.63, 3.8) is 0 Å². The molecule has 0 radical (unpaired) electrons. The van der Waals surface area contributed by atoms with E-state index in [9.17, 15) is 5.11 Å². The number of hydrogen-bond acceptors (Lipinski definition) is 4. The Morgan fingerprint density at radius 2 is 2.19 bits per heavy atom. The van der Waals surface area contributed by atoms with Crippen molar-refractivity contribution in [1.82, 2.24) is 10.6 Å². The van der Waals surface area contributed by atoms with Crippen molar-refractivity contribution in [1.29, 1.82) is 0 Å². The van der Waals surface area contributed by atoms with Crippen LogP contribution >= 0.6 is 24.0 Å². The van der Waals surface area contributed by atoms with Crippen molar-refractivity contribution in [3.05, 3.63) is 23.7 Å². The van der Waals surface area contributed by atoms with Crippen LogP contribution < -0.4 is 10.6 Å². The van der Waals surface area contributed by atoms with Crippen molar-refractivity contribution >= 4 is 29.9 Å². The monoisotopic (exact) mass is 489 g/mol. The molecule has 3 aliphatic rings. The van der Waals surface area contributed by atoms with E-state index in [1.165, 1.54) is 19.3 Å². The van der Waals surface area contributed by atoms with Gasteiger partial charge in [-0.1, -0.05) is 6.42 Å². The van der Waals surface area contributed by atoms with Gasteiger partial charge in [0, 0.05) is 30.5 Å². The Balaban J connectivity index is 0.00000210. The second-order valence-corrected chi connectivity index (χ2v) is 8.33. The molecule has 4 unspecified atom stereocenters. The number of nitrogens with zero attached hydrogens (tertiary/aromatic N) is 1. The van der Waals surface area contributed by atoms with Gasteiger partial charge in [0.2, 0.25) is 0 Å². The van der Waals surface area contributed by atoms with E-state index in [0.717, 1.165) is 31.3 Å². The summed E-state index contributed by atoms with van der Waals surface area (Å²) in [5.41, 5.74) is -0.818. The Labute approximate surface area is 178 Å². The second-order valence-electron chi connectivity index (χ2n) is 8.33. The van der Waals surface area contributed by atoms with E-state index in [-0.39, 0.29) is 30.5 Å². The first kappa shape index (κ1) is 20.9. The van der Waals surface area contributed by atoms with Gasteiger partial charge < -0.3 is 24.9 Å². The zero-order chi connectivity index (χ0) is 18.4. The van der Waals surface area contributed by atoms with Crippen molar-refractivity contribution in [2.24, 2.45) is 16.3 Å². The number of aliphatic hydroxyl groups is 1. The summed E-state index contributed by atoms with van der Waals surface area (Å²) in [7, 11) is 0. The Morgan fingerprint density at radius 3 is 2.78 bits per heavy atom. The fourth-order valence-corrected chi connectivity index (χ4v) is 4.96. The van der Waals surface area contributed by atoms with Crippen LogP contribution in [0.1, 0.15) is 51.1 Å². The third-order valence-corrected chi connectivity index (χ3v) is 6.49. The summed E-state index contributed by atoms with van der Waals surface area (Å²) in [5, 5.41) is 17.8. The highest BCUT2D eigenvalue weighted by atomic mass is 127. The van der Waals surface area contributed by atoms with Gasteiger partial charge in [0.25, 0.3) is 0 Å². The number of furan rings is 1. The van der Waals surface area contributed by atoms with E-state index >= 15 is 0 Å². The average molecular weight is 489 g/mol. The van der Waals surface area contributed by atoms with Crippen molar-refractivity contribution in [2.75, 3.05) is 19.7 Å². The summed E-state index contributed by atoms with van der Waals surface area (Å²) in [4.78, 5) is 4.67. The van der Waals surface area contributed by atoms with Gasteiger partial charge in [-0.25, -0.2) is 4.99 Å². The number of halogens is 1. The van der Waals surface area contributed by atoms with Gasteiger partial charge in [-0.2, -0.15) is 0 Å². The molecule has 2 aliphatic carbocycles. The lowest BCUT2D eigenvalue weighted by atomic mass is 9.46. The zero-order valence-corrected chi connectivity index (χ0v) is 18.8. The van der Waals surface area contributed by atoms with E-state index < -0.39 is 5.60 Å². The first-order valence-electron chi connectivity index (χ1n) is 9.92. The van der Waals surface area contributed by atoms with Crippen LogP contribution in [0.3, 0.4) is 0 Å². The highest BCUT2D eigenvalue weighted by Gasteiger charge is 2.66. The average Bonchev–Trinajstić information content (AvgIpc) is 3.16. The Hall–Kier alpha value is -0.800. The molecular weight excluding hydrogens is 457 g/mol. The maximum absolute atomic E-state index is 10.8. The van der Waals surface area contributed by atoms with Crippen LogP contribution in [0.2, 0.25) is 0 Å². The number of ether oxygens (including phenoxy) is 1. The molecule has 3 fully saturated rings. The standard InChI is InChI=1S/C20H31N3O3.HI/c1-4-21-18(22-12-19(3,24)15-7-6-13(2)26-15)23-16-14-8-11-25-17(14)20(16)9-5-10-20;/h6-7,14,16-17,24H,4-5,8-12H2,1-3H3,(H2,21,22,23);1H. The molecule has 1 saturated heterocycles. The highest BCUT2D eigenvalue weighted by molar-refractivity contribution is 14.0. The molecule has 0 amide bonds. The van der Waals surface area contributed by atoms with Gasteiger partial charge in [0.1, 0.15) is 17.1 Å². The molecule has 4 rings (SSSR count). The van der Waals surface area contributed by atoms with Crippen molar-refractivity contribution in [3.8, 4) is 0 Å². The summed E-state index contributed by atoms with van der Waals surface area (Å²) in [6.07, 6.45) is 5.35. The molecule has 1 aliphatic heterocycles. The Morgan fingerprint density at radius 1 is 1.41 bits per heavy atom. The molecule has 6 nitrogen and oxygen atoms in total. The smallest absolute Gasteiger partial charge is 0.191 e. The minimum absolute atomic E-state index is 0. The quantitative estimate of drug-likeness (QED) is 0.337. The molecule has 2 saturated carbocycles. The molecule has 3 N–H and O–H groups in total. The number of aliphatic imine (C=N–C) groups is 1. The Kier molecular flexibility index (Phi) is 6.13. The summed E-state index contributed by atoms with van der Waals surface area (Å²) < 4.78 is 11.6. The first-order chi connectivity index (χ1) is 12.5. The van der Waals surface area contributed by atoms with Gasteiger partial charge in [0.15, 0.2) is 5.96 Å².